The Morgan fingerprint density at radius 3 is 2.83 bits per heavy atom. The average molecular weight is 431 g/mol. The molecule has 1 fully saturated rings. The summed E-state index contributed by atoms with van der Waals surface area (Å²) in [6.45, 7) is 1.17. The van der Waals surface area contributed by atoms with Crippen LogP contribution in [0.15, 0.2) is 60.9 Å². The number of aromatic nitrogens is 2. The molecule has 3 heterocycles. The second-order valence-electron chi connectivity index (χ2n) is 6.71. The van der Waals surface area contributed by atoms with Gasteiger partial charge in [0.25, 0.3) is 0 Å². The standard InChI is InChI=1S/C21H20ClFN4OS/c1-28-12-11-27-20(19(25-21(27)29)17-5-2-3-9-24-17)18-6-4-10-26(18)14-7-8-16(23)15(22)13-14/h2-10,13,19-20H,11-12H2,1H3,(H,25,29)/t19-,20-/m1/s1. The molecule has 0 radical (unpaired) electrons. The first-order chi connectivity index (χ1) is 14.1. The smallest absolute Gasteiger partial charge is 0.170 e. The van der Waals surface area contributed by atoms with E-state index < -0.39 is 5.82 Å². The van der Waals surface area contributed by atoms with E-state index in [1.54, 1.807) is 25.4 Å². The molecule has 0 aliphatic carbocycles. The lowest BCUT2D eigenvalue weighted by Gasteiger charge is -2.28. The highest BCUT2D eigenvalue weighted by molar-refractivity contribution is 7.80. The van der Waals surface area contributed by atoms with Crippen LogP contribution in [-0.2, 0) is 4.74 Å². The quantitative estimate of drug-likeness (QED) is 0.591. The van der Waals surface area contributed by atoms with Crippen LogP contribution in [0.5, 0.6) is 0 Å². The van der Waals surface area contributed by atoms with Crippen molar-refractivity contribution in [1.82, 2.24) is 19.8 Å². The van der Waals surface area contributed by atoms with Crippen molar-refractivity contribution in [3.05, 3.63) is 83.2 Å². The first kappa shape index (κ1) is 19.8. The minimum absolute atomic E-state index is 0.0831. The van der Waals surface area contributed by atoms with Gasteiger partial charge in [-0.2, -0.15) is 0 Å². The van der Waals surface area contributed by atoms with Gasteiger partial charge in [-0.25, -0.2) is 4.39 Å². The average Bonchev–Trinajstić information content (AvgIpc) is 3.33. The predicted octanol–water partition coefficient (Wildman–Crippen LogP) is 4.28. The molecule has 0 saturated carbocycles. The van der Waals surface area contributed by atoms with Gasteiger partial charge in [0.1, 0.15) is 5.82 Å². The maximum Gasteiger partial charge on any atom is 0.170 e. The van der Waals surface area contributed by atoms with Crippen LogP contribution in [0.3, 0.4) is 0 Å². The lowest BCUT2D eigenvalue weighted by atomic mass is 10.0. The molecule has 29 heavy (non-hydrogen) atoms. The molecule has 150 valence electrons. The topological polar surface area (TPSA) is 42.3 Å². The fourth-order valence-corrected chi connectivity index (χ4v) is 4.17. The molecule has 0 bridgehead atoms. The highest BCUT2D eigenvalue weighted by atomic mass is 35.5. The van der Waals surface area contributed by atoms with E-state index in [0.717, 1.165) is 17.1 Å². The highest BCUT2D eigenvalue weighted by Crippen LogP contribution is 2.39. The maximum absolute atomic E-state index is 13.7. The van der Waals surface area contributed by atoms with E-state index in [1.807, 2.05) is 41.1 Å². The molecule has 3 aromatic rings. The largest absolute Gasteiger partial charge is 0.383 e. The van der Waals surface area contributed by atoms with Crippen molar-refractivity contribution in [3.63, 3.8) is 0 Å². The summed E-state index contributed by atoms with van der Waals surface area (Å²) in [6, 6.07) is 14.3. The molecule has 0 spiro atoms. The van der Waals surface area contributed by atoms with Gasteiger partial charge in [0.15, 0.2) is 5.11 Å². The molecule has 0 amide bonds. The summed E-state index contributed by atoms with van der Waals surface area (Å²) in [5.74, 6) is -0.444. The van der Waals surface area contributed by atoms with E-state index in [1.165, 1.54) is 6.07 Å². The van der Waals surface area contributed by atoms with Crippen LogP contribution in [0.25, 0.3) is 5.69 Å². The number of ether oxygens (including phenoxy) is 1. The Bertz CT molecular complexity index is 1010. The number of hydrogen-bond donors (Lipinski definition) is 1. The summed E-state index contributed by atoms with van der Waals surface area (Å²) in [7, 11) is 1.67. The van der Waals surface area contributed by atoms with Crippen molar-refractivity contribution in [3.8, 4) is 5.69 Å². The second kappa shape index (κ2) is 8.49. The van der Waals surface area contributed by atoms with E-state index in [-0.39, 0.29) is 17.1 Å². The summed E-state index contributed by atoms with van der Waals surface area (Å²) in [5, 5.41) is 4.14. The number of hydrogen-bond acceptors (Lipinski definition) is 3. The molecule has 1 aliphatic rings. The first-order valence-corrected chi connectivity index (χ1v) is 9.98. The Hall–Kier alpha value is -2.48. The van der Waals surface area contributed by atoms with Crippen molar-refractivity contribution in [1.29, 1.82) is 0 Å². The zero-order chi connectivity index (χ0) is 20.4. The molecule has 8 heteroatoms. The van der Waals surface area contributed by atoms with Crippen molar-refractivity contribution >= 4 is 28.9 Å². The van der Waals surface area contributed by atoms with Crippen molar-refractivity contribution in [2.45, 2.75) is 12.1 Å². The monoisotopic (exact) mass is 430 g/mol. The highest BCUT2D eigenvalue weighted by Gasteiger charge is 2.41. The third-order valence-electron chi connectivity index (χ3n) is 5.00. The van der Waals surface area contributed by atoms with Crippen LogP contribution in [-0.4, -0.2) is 39.8 Å². The predicted molar refractivity (Wildman–Crippen MR) is 115 cm³/mol. The van der Waals surface area contributed by atoms with E-state index in [0.29, 0.717) is 18.3 Å². The molecule has 4 rings (SSSR count). The molecule has 1 aromatic carbocycles. The summed E-state index contributed by atoms with van der Waals surface area (Å²) in [4.78, 5) is 6.64. The zero-order valence-corrected chi connectivity index (χ0v) is 17.3. The van der Waals surface area contributed by atoms with E-state index >= 15 is 0 Å². The van der Waals surface area contributed by atoms with Gasteiger partial charge in [-0.05, 0) is 54.7 Å². The van der Waals surface area contributed by atoms with Crippen LogP contribution in [0, 0.1) is 5.82 Å². The van der Waals surface area contributed by atoms with E-state index in [9.17, 15) is 4.39 Å². The van der Waals surface area contributed by atoms with Crippen LogP contribution in [0.4, 0.5) is 4.39 Å². The second-order valence-corrected chi connectivity index (χ2v) is 7.51. The summed E-state index contributed by atoms with van der Waals surface area (Å²) >= 11 is 11.7. The summed E-state index contributed by atoms with van der Waals surface area (Å²) < 4.78 is 21.0. The third-order valence-corrected chi connectivity index (χ3v) is 5.64. The number of nitrogens with one attached hydrogen (secondary N) is 1. The van der Waals surface area contributed by atoms with Gasteiger partial charge in [0, 0.05) is 37.4 Å². The maximum atomic E-state index is 13.7. The SMILES string of the molecule is COCCN1C(=S)N[C@H](c2ccccn2)[C@H]1c1cccn1-c1ccc(F)c(Cl)c1. The van der Waals surface area contributed by atoms with Crippen LogP contribution >= 0.6 is 23.8 Å². The van der Waals surface area contributed by atoms with E-state index in [4.69, 9.17) is 28.6 Å². The van der Waals surface area contributed by atoms with Crippen molar-refractivity contribution in [2.24, 2.45) is 0 Å². The van der Waals surface area contributed by atoms with Gasteiger partial charge in [0.05, 0.1) is 29.4 Å². The van der Waals surface area contributed by atoms with Crippen LogP contribution in [0.1, 0.15) is 23.5 Å². The number of halogens is 2. The number of pyridine rings is 1. The molecule has 0 unspecified atom stereocenters. The lowest BCUT2D eigenvalue weighted by molar-refractivity contribution is 0.163. The molecular formula is C21H20ClFN4OS. The normalized spacial score (nSPS) is 18.9. The Morgan fingerprint density at radius 1 is 1.24 bits per heavy atom. The molecular weight excluding hydrogens is 411 g/mol. The van der Waals surface area contributed by atoms with Crippen molar-refractivity contribution in [2.75, 3.05) is 20.3 Å². The summed E-state index contributed by atoms with van der Waals surface area (Å²) in [5.41, 5.74) is 2.66. The zero-order valence-electron chi connectivity index (χ0n) is 15.8. The third kappa shape index (κ3) is 3.85. The fourth-order valence-electron chi connectivity index (χ4n) is 3.66. The molecule has 1 aliphatic heterocycles. The Morgan fingerprint density at radius 2 is 2.10 bits per heavy atom. The molecule has 1 N–H and O–H groups in total. The van der Waals surface area contributed by atoms with E-state index in [2.05, 4.69) is 15.2 Å². The van der Waals surface area contributed by atoms with Crippen LogP contribution in [0.2, 0.25) is 5.02 Å². The molecule has 2 aromatic heterocycles. The van der Waals surface area contributed by atoms with Gasteiger partial charge >= 0.3 is 0 Å². The Kier molecular flexibility index (Phi) is 5.80. The molecule has 2 atom stereocenters. The van der Waals surface area contributed by atoms with Gasteiger partial charge in [0.2, 0.25) is 0 Å². The molecule has 1 saturated heterocycles. The Labute approximate surface area is 179 Å². The lowest BCUT2D eigenvalue weighted by Crippen LogP contribution is -2.33. The number of methoxy groups -OCH3 is 1. The minimum Gasteiger partial charge on any atom is -0.383 e. The van der Waals surface area contributed by atoms with Crippen molar-refractivity contribution < 1.29 is 9.13 Å². The van der Waals surface area contributed by atoms with Gasteiger partial charge in [-0.1, -0.05) is 17.7 Å². The van der Waals surface area contributed by atoms with Gasteiger partial charge in [-0.3, -0.25) is 4.98 Å². The van der Waals surface area contributed by atoms with Gasteiger partial charge in [-0.15, -0.1) is 0 Å². The first-order valence-electron chi connectivity index (χ1n) is 9.20. The minimum atomic E-state index is -0.444. The number of nitrogens with zero attached hydrogens (tertiary/aromatic N) is 3. The molecule has 5 nitrogen and oxygen atoms in total. The Balaban J connectivity index is 1.79. The number of rotatable bonds is 6. The summed E-state index contributed by atoms with van der Waals surface area (Å²) in [6.07, 6.45) is 3.71. The number of benzene rings is 1. The number of thiocarbonyl (C=S) groups is 1. The van der Waals surface area contributed by atoms with Crippen LogP contribution < -0.4 is 5.32 Å². The van der Waals surface area contributed by atoms with Gasteiger partial charge < -0.3 is 19.5 Å². The fraction of sp³-hybridized carbons (Fsp3) is 0.238.